The summed E-state index contributed by atoms with van der Waals surface area (Å²) in [7, 11) is 0. The highest BCUT2D eigenvalue weighted by Crippen LogP contribution is 2.25. The van der Waals surface area contributed by atoms with Gasteiger partial charge in [-0.3, -0.25) is 4.90 Å². The van der Waals surface area contributed by atoms with Gasteiger partial charge in [-0.1, -0.05) is 11.8 Å². The van der Waals surface area contributed by atoms with Crippen LogP contribution in [0.25, 0.3) is 0 Å². The van der Waals surface area contributed by atoms with Gasteiger partial charge in [-0.25, -0.2) is 18.6 Å². The molecule has 0 unspecified atom stereocenters. The maximum atomic E-state index is 13.2. The molecule has 2 aromatic rings. The fourth-order valence-electron chi connectivity index (χ4n) is 2.36. The van der Waals surface area contributed by atoms with E-state index in [0.717, 1.165) is 12.1 Å². The topological polar surface area (TPSA) is 42.4 Å². The quantitative estimate of drug-likeness (QED) is 0.739. The predicted molar refractivity (Wildman–Crippen MR) is 89.1 cm³/mol. The zero-order chi connectivity index (χ0) is 18.0. The van der Waals surface area contributed by atoms with Crippen LogP contribution >= 0.6 is 0 Å². The van der Waals surface area contributed by atoms with Gasteiger partial charge >= 0.3 is 6.09 Å². The number of hydrogen-bond donors (Lipinski definition) is 0. The molecule has 6 heteroatoms. The summed E-state index contributed by atoms with van der Waals surface area (Å²) in [5.41, 5.74) is 0.493. The molecule has 0 saturated carbocycles. The molecule has 25 heavy (non-hydrogen) atoms. The van der Waals surface area contributed by atoms with Crippen LogP contribution in [0.15, 0.2) is 36.5 Å². The van der Waals surface area contributed by atoms with Gasteiger partial charge in [0.1, 0.15) is 11.4 Å². The van der Waals surface area contributed by atoms with E-state index in [-0.39, 0.29) is 0 Å². The zero-order valence-electron chi connectivity index (χ0n) is 13.8. The van der Waals surface area contributed by atoms with Gasteiger partial charge in [0.05, 0.1) is 0 Å². The van der Waals surface area contributed by atoms with Crippen LogP contribution in [0, 0.1) is 23.5 Å². The molecule has 0 spiro atoms. The molecule has 0 N–H and O–H groups in total. The van der Waals surface area contributed by atoms with Crippen molar-refractivity contribution in [2.24, 2.45) is 0 Å². The number of aromatic nitrogens is 1. The Kier molecular flexibility index (Phi) is 4.41. The number of cyclic esters (lactones) is 1. The summed E-state index contributed by atoms with van der Waals surface area (Å²) < 4.78 is 31.4. The number of anilines is 1. The van der Waals surface area contributed by atoms with Crippen molar-refractivity contribution in [2.75, 3.05) is 11.4 Å². The highest BCUT2D eigenvalue weighted by molar-refractivity contribution is 5.87. The van der Waals surface area contributed by atoms with E-state index in [1.807, 2.05) is 13.8 Å². The van der Waals surface area contributed by atoms with Gasteiger partial charge in [-0.2, -0.15) is 0 Å². The fraction of sp³-hybridized carbons (Fsp3) is 0.263. The number of ether oxygens (including phenoxy) is 1. The number of pyridine rings is 1. The maximum absolute atomic E-state index is 13.2. The minimum Gasteiger partial charge on any atom is -0.443 e. The average Bonchev–Trinajstić information content (AvgIpc) is 2.56. The Morgan fingerprint density at radius 2 is 1.84 bits per heavy atom. The number of halogens is 2. The molecule has 1 amide bonds. The van der Waals surface area contributed by atoms with Crippen LogP contribution in [0.4, 0.5) is 19.4 Å². The maximum Gasteiger partial charge on any atom is 0.416 e. The minimum atomic E-state index is -0.938. The van der Waals surface area contributed by atoms with Crippen molar-refractivity contribution in [3.8, 4) is 11.8 Å². The third-order valence-electron chi connectivity index (χ3n) is 3.82. The van der Waals surface area contributed by atoms with Crippen molar-refractivity contribution in [2.45, 2.75) is 25.9 Å². The van der Waals surface area contributed by atoms with Crippen molar-refractivity contribution in [3.63, 3.8) is 0 Å². The van der Waals surface area contributed by atoms with Gasteiger partial charge in [-0.15, -0.1) is 0 Å². The Bertz CT molecular complexity index is 867. The van der Waals surface area contributed by atoms with Gasteiger partial charge in [0.2, 0.25) is 0 Å². The van der Waals surface area contributed by atoms with Crippen molar-refractivity contribution >= 4 is 11.9 Å². The molecule has 1 aromatic carbocycles. The molecular formula is C19H16F2N2O2. The van der Waals surface area contributed by atoms with Crippen molar-refractivity contribution in [1.29, 1.82) is 0 Å². The summed E-state index contributed by atoms with van der Waals surface area (Å²) in [5, 5.41) is 0. The second-order valence-corrected chi connectivity index (χ2v) is 6.31. The molecule has 1 saturated heterocycles. The van der Waals surface area contributed by atoms with Crippen molar-refractivity contribution in [3.05, 3.63) is 59.3 Å². The molecule has 2 heterocycles. The molecular weight excluding hydrogens is 326 g/mol. The summed E-state index contributed by atoms with van der Waals surface area (Å²) in [5.74, 6) is 4.21. The Morgan fingerprint density at radius 3 is 2.48 bits per heavy atom. The predicted octanol–water partition coefficient (Wildman–Crippen LogP) is 3.88. The van der Waals surface area contributed by atoms with Gasteiger partial charge < -0.3 is 4.74 Å². The van der Waals surface area contributed by atoms with Crippen molar-refractivity contribution in [1.82, 2.24) is 4.98 Å². The summed E-state index contributed by atoms with van der Waals surface area (Å²) in [6.45, 7) is 4.26. The number of hydrogen-bond acceptors (Lipinski definition) is 3. The highest BCUT2D eigenvalue weighted by Gasteiger charge is 2.33. The monoisotopic (exact) mass is 342 g/mol. The third kappa shape index (κ3) is 3.94. The van der Waals surface area contributed by atoms with E-state index in [2.05, 4.69) is 16.8 Å². The first-order valence-corrected chi connectivity index (χ1v) is 7.78. The normalized spacial score (nSPS) is 16.0. The van der Waals surface area contributed by atoms with E-state index < -0.39 is 23.3 Å². The fourth-order valence-corrected chi connectivity index (χ4v) is 2.36. The van der Waals surface area contributed by atoms with Crippen LogP contribution in [0.2, 0.25) is 0 Å². The number of rotatable bonds is 1. The number of carbonyl (C=O) groups is 1. The summed E-state index contributed by atoms with van der Waals surface area (Å²) in [6.07, 6.45) is 1.80. The standard InChI is InChI=1S/C19H16F2N2O2/c1-19(2)9-10-23(18(24)25-19)17-8-6-14(12-22-17)4-3-13-5-7-15(20)16(21)11-13/h5-8,11-12H,9-10H2,1-2H3. The van der Waals surface area contributed by atoms with Gasteiger partial charge in [-0.05, 0) is 44.2 Å². The van der Waals surface area contributed by atoms with E-state index in [4.69, 9.17) is 4.74 Å². The van der Waals surface area contributed by atoms with E-state index in [1.54, 1.807) is 12.1 Å². The average molecular weight is 342 g/mol. The largest absolute Gasteiger partial charge is 0.443 e. The Balaban J connectivity index is 1.74. The van der Waals surface area contributed by atoms with Crippen LogP contribution < -0.4 is 4.90 Å². The molecule has 1 aromatic heterocycles. The molecule has 1 aliphatic heterocycles. The number of nitrogens with zero attached hydrogens (tertiary/aromatic N) is 2. The Morgan fingerprint density at radius 1 is 1.12 bits per heavy atom. The van der Waals surface area contributed by atoms with Crippen molar-refractivity contribution < 1.29 is 18.3 Å². The second-order valence-electron chi connectivity index (χ2n) is 6.31. The third-order valence-corrected chi connectivity index (χ3v) is 3.82. The van der Waals surface area contributed by atoms with Crippen LogP contribution in [-0.2, 0) is 4.74 Å². The van der Waals surface area contributed by atoms with Crippen LogP contribution in [0.1, 0.15) is 31.4 Å². The van der Waals surface area contributed by atoms with Gasteiger partial charge in [0, 0.05) is 30.3 Å². The molecule has 1 aliphatic rings. The first-order chi connectivity index (χ1) is 11.8. The summed E-state index contributed by atoms with van der Waals surface area (Å²) in [6, 6.07) is 6.86. The van der Waals surface area contributed by atoms with Gasteiger partial charge in [0.25, 0.3) is 0 Å². The van der Waals surface area contributed by atoms with E-state index in [1.165, 1.54) is 17.2 Å². The molecule has 1 fully saturated rings. The number of amides is 1. The Labute approximate surface area is 144 Å². The van der Waals surface area contributed by atoms with Gasteiger partial charge in [0.15, 0.2) is 11.6 Å². The molecule has 3 rings (SSSR count). The molecule has 128 valence electrons. The lowest BCUT2D eigenvalue weighted by molar-refractivity contribution is 0.0234. The van der Waals surface area contributed by atoms with Crippen LogP contribution in [0.5, 0.6) is 0 Å². The van der Waals surface area contributed by atoms with E-state index in [9.17, 15) is 13.6 Å². The van der Waals surface area contributed by atoms with E-state index >= 15 is 0 Å². The Hall–Kier alpha value is -2.94. The molecule has 0 aliphatic carbocycles. The molecule has 0 bridgehead atoms. The summed E-state index contributed by atoms with van der Waals surface area (Å²) in [4.78, 5) is 17.7. The smallest absolute Gasteiger partial charge is 0.416 e. The lowest BCUT2D eigenvalue weighted by Gasteiger charge is -2.35. The molecule has 4 nitrogen and oxygen atoms in total. The minimum absolute atomic E-state index is 0.366. The van der Waals surface area contributed by atoms with Crippen LogP contribution in [-0.4, -0.2) is 23.2 Å². The van der Waals surface area contributed by atoms with Crippen LogP contribution in [0.3, 0.4) is 0 Å². The summed E-state index contributed by atoms with van der Waals surface area (Å²) >= 11 is 0. The first-order valence-electron chi connectivity index (χ1n) is 7.78. The lowest BCUT2D eigenvalue weighted by Crippen LogP contribution is -2.47. The second kappa shape index (κ2) is 6.52. The highest BCUT2D eigenvalue weighted by atomic mass is 19.2. The van der Waals surface area contributed by atoms with E-state index in [0.29, 0.717) is 29.9 Å². The lowest BCUT2D eigenvalue weighted by atomic mass is 10.0. The number of carbonyl (C=O) groups excluding carboxylic acids is 1. The number of benzene rings is 1. The molecule has 0 radical (unpaired) electrons. The zero-order valence-corrected chi connectivity index (χ0v) is 13.8. The first kappa shape index (κ1) is 16.9. The molecule has 0 atom stereocenters. The SMILES string of the molecule is CC1(C)CCN(c2ccc(C#Cc3ccc(F)c(F)c3)cn2)C(=O)O1.